The fraction of sp³-hybridized carbons (Fsp3) is 0.263. The molecule has 3 aromatic rings. The Balaban J connectivity index is 2.14. The average Bonchev–Trinajstić information content (AvgIpc) is 2.91. The average molecular weight is 261 g/mol. The molecule has 1 aromatic heterocycles. The molecule has 2 atom stereocenters. The highest BCUT2D eigenvalue weighted by molar-refractivity contribution is 6.00. The Kier molecular flexibility index (Phi) is 2.35. The first-order valence-corrected chi connectivity index (χ1v) is 7.39. The molecule has 2 heterocycles. The lowest BCUT2D eigenvalue weighted by molar-refractivity contribution is 0.507. The van der Waals surface area contributed by atoms with Crippen molar-refractivity contribution in [2.24, 2.45) is 0 Å². The summed E-state index contributed by atoms with van der Waals surface area (Å²) in [5.74, 6) is 0.609. The van der Waals surface area contributed by atoms with Crippen LogP contribution in [0, 0.1) is 6.92 Å². The van der Waals surface area contributed by atoms with Gasteiger partial charge in [0.1, 0.15) is 0 Å². The predicted octanol–water partition coefficient (Wildman–Crippen LogP) is 5.29. The summed E-state index contributed by atoms with van der Waals surface area (Å²) in [4.78, 5) is 0. The quantitative estimate of drug-likeness (QED) is 0.560. The minimum absolute atomic E-state index is 0.548. The molecule has 1 nitrogen and oxygen atoms in total. The number of hydrogen-bond acceptors (Lipinski definition) is 0. The highest BCUT2D eigenvalue weighted by atomic mass is 15.1. The number of para-hydroxylation sites is 1. The molecular formula is C19H19N. The zero-order valence-corrected chi connectivity index (χ0v) is 12.2. The molecule has 0 saturated heterocycles. The van der Waals surface area contributed by atoms with Crippen molar-refractivity contribution >= 4 is 10.9 Å². The minimum atomic E-state index is 0.548. The Hall–Kier alpha value is -2.02. The second-order valence-corrected chi connectivity index (χ2v) is 5.97. The lowest BCUT2D eigenvalue weighted by Crippen LogP contribution is -2.06. The monoisotopic (exact) mass is 261 g/mol. The van der Waals surface area contributed by atoms with Crippen LogP contribution in [0.15, 0.2) is 48.5 Å². The van der Waals surface area contributed by atoms with Crippen molar-refractivity contribution in [3.05, 3.63) is 59.8 Å². The van der Waals surface area contributed by atoms with Gasteiger partial charge in [0.15, 0.2) is 0 Å². The van der Waals surface area contributed by atoms with E-state index in [1.807, 2.05) is 0 Å². The van der Waals surface area contributed by atoms with E-state index in [1.165, 1.54) is 33.3 Å². The summed E-state index contributed by atoms with van der Waals surface area (Å²) in [5, 5.41) is 1.41. The third-order valence-corrected chi connectivity index (χ3v) is 4.98. The van der Waals surface area contributed by atoms with Gasteiger partial charge < -0.3 is 4.57 Å². The van der Waals surface area contributed by atoms with Gasteiger partial charge in [-0.05, 0) is 25.0 Å². The van der Waals surface area contributed by atoms with Crippen molar-refractivity contribution in [2.45, 2.75) is 32.7 Å². The van der Waals surface area contributed by atoms with Gasteiger partial charge in [0.05, 0.1) is 5.52 Å². The van der Waals surface area contributed by atoms with Crippen molar-refractivity contribution in [3.8, 4) is 11.1 Å². The third-order valence-electron chi connectivity index (χ3n) is 4.98. The first kappa shape index (κ1) is 11.8. The van der Waals surface area contributed by atoms with Crippen LogP contribution >= 0.6 is 0 Å². The normalized spacial score (nSPS) is 20.8. The highest BCUT2D eigenvalue weighted by Gasteiger charge is 2.31. The van der Waals surface area contributed by atoms with Crippen LogP contribution in [0.2, 0.25) is 0 Å². The predicted molar refractivity (Wildman–Crippen MR) is 85.2 cm³/mol. The summed E-state index contributed by atoms with van der Waals surface area (Å²) in [6.45, 7) is 6.95. The minimum Gasteiger partial charge on any atom is -0.341 e. The summed E-state index contributed by atoms with van der Waals surface area (Å²) < 4.78 is 2.54. The highest BCUT2D eigenvalue weighted by Crippen LogP contribution is 2.47. The summed E-state index contributed by atoms with van der Waals surface area (Å²) in [6, 6.07) is 18.1. The zero-order valence-electron chi connectivity index (χ0n) is 12.2. The Morgan fingerprint density at radius 3 is 2.40 bits per heavy atom. The third kappa shape index (κ3) is 1.33. The van der Waals surface area contributed by atoms with Crippen LogP contribution in [0.1, 0.15) is 37.1 Å². The van der Waals surface area contributed by atoms with Crippen LogP contribution < -0.4 is 0 Å². The van der Waals surface area contributed by atoms with E-state index < -0.39 is 0 Å². The Morgan fingerprint density at radius 2 is 1.65 bits per heavy atom. The number of rotatable bonds is 1. The fourth-order valence-electron chi connectivity index (χ4n) is 3.84. The second kappa shape index (κ2) is 3.99. The van der Waals surface area contributed by atoms with Crippen LogP contribution in [0.3, 0.4) is 0 Å². The number of nitrogens with zero attached hydrogens (tertiary/aromatic N) is 1. The van der Waals surface area contributed by atoms with E-state index >= 15 is 0 Å². The van der Waals surface area contributed by atoms with Crippen LogP contribution in [0.5, 0.6) is 0 Å². The van der Waals surface area contributed by atoms with E-state index in [9.17, 15) is 0 Å². The maximum atomic E-state index is 2.54. The molecule has 0 unspecified atom stereocenters. The van der Waals surface area contributed by atoms with E-state index in [0.29, 0.717) is 12.0 Å². The smallest absolute Gasteiger partial charge is 0.0527 e. The van der Waals surface area contributed by atoms with Gasteiger partial charge in [-0.25, -0.2) is 0 Å². The van der Waals surface area contributed by atoms with Crippen LogP contribution in [-0.4, -0.2) is 4.57 Å². The molecule has 4 rings (SSSR count). The number of aromatic nitrogens is 1. The standard InChI is InChI=1S/C19H19N/c1-12-13(2)20-14(3)18(15-8-5-4-6-9-15)17-11-7-10-16(12)19(17)20/h4-13H,1-3H3/t12-,13+/m0/s1. The lowest BCUT2D eigenvalue weighted by Gasteiger charge is -2.16. The number of hydrogen-bond donors (Lipinski definition) is 0. The van der Waals surface area contributed by atoms with E-state index in [4.69, 9.17) is 0 Å². The first-order valence-electron chi connectivity index (χ1n) is 7.39. The Morgan fingerprint density at radius 1 is 0.900 bits per heavy atom. The van der Waals surface area contributed by atoms with Crippen molar-refractivity contribution in [1.29, 1.82) is 0 Å². The van der Waals surface area contributed by atoms with Gasteiger partial charge in [0.2, 0.25) is 0 Å². The van der Waals surface area contributed by atoms with Crippen molar-refractivity contribution in [3.63, 3.8) is 0 Å². The summed E-state index contributed by atoms with van der Waals surface area (Å²) in [5.41, 5.74) is 7.08. The van der Waals surface area contributed by atoms with Crippen molar-refractivity contribution < 1.29 is 0 Å². The van der Waals surface area contributed by atoms with Crippen molar-refractivity contribution in [2.75, 3.05) is 0 Å². The summed E-state index contributed by atoms with van der Waals surface area (Å²) in [6.07, 6.45) is 0. The molecule has 0 amide bonds. The molecule has 0 spiro atoms. The molecule has 1 aliphatic rings. The van der Waals surface area contributed by atoms with Crippen molar-refractivity contribution in [1.82, 2.24) is 4.57 Å². The molecule has 0 bridgehead atoms. The molecule has 0 fully saturated rings. The molecule has 1 heteroatoms. The van der Waals surface area contributed by atoms with Gasteiger partial charge in [0, 0.05) is 28.6 Å². The van der Waals surface area contributed by atoms with E-state index in [0.717, 1.165) is 0 Å². The van der Waals surface area contributed by atoms with Gasteiger partial charge in [0.25, 0.3) is 0 Å². The van der Waals surface area contributed by atoms with Gasteiger partial charge >= 0.3 is 0 Å². The topological polar surface area (TPSA) is 4.93 Å². The first-order chi connectivity index (χ1) is 9.70. The summed E-state index contributed by atoms with van der Waals surface area (Å²) in [7, 11) is 0. The second-order valence-electron chi connectivity index (χ2n) is 5.97. The SMILES string of the molecule is Cc1c(-c2ccccc2)c2cccc3c2n1[C@H](C)[C@@H]3C. The molecular weight excluding hydrogens is 242 g/mol. The lowest BCUT2D eigenvalue weighted by atomic mass is 9.94. The largest absolute Gasteiger partial charge is 0.341 e. The van der Waals surface area contributed by atoms with E-state index in [1.54, 1.807) is 0 Å². The van der Waals surface area contributed by atoms with E-state index in [2.05, 4.69) is 73.9 Å². The molecule has 2 aromatic carbocycles. The van der Waals surface area contributed by atoms with Crippen LogP contribution in [0.25, 0.3) is 22.0 Å². The van der Waals surface area contributed by atoms with Crippen LogP contribution in [-0.2, 0) is 0 Å². The van der Waals surface area contributed by atoms with Gasteiger partial charge in [-0.2, -0.15) is 0 Å². The molecule has 0 saturated carbocycles. The Bertz CT molecular complexity index is 795. The van der Waals surface area contributed by atoms with Crippen LogP contribution in [0.4, 0.5) is 0 Å². The fourth-order valence-corrected chi connectivity index (χ4v) is 3.84. The van der Waals surface area contributed by atoms with E-state index in [-0.39, 0.29) is 0 Å². The molecule has 0 aliphatic carbocycles. The van der Waals surface area contributed by atoms with Gasteiger partial charge in [-0.1, -0.05) is 55.5 Å². The molecule has 0 radical (unpaired) electrons. The maximum Gasteiger partial charge on any atom is 0.0527 e. The van der Waals surface area contributed by atoms with Gasteiger partial charge in [-0.3, -0.25) is 0 Å². The molecule has 0 N–H and O–H groups in total. The Labute approximate surface area is 119 Å². The van der Waals surface area contributed by atoms with Gasteiger partial charge in [-0.15, -0.1) is 0 Å². The molecule has 20 heavy (non-hydrogen) atoms. The molecule has 100 valence electrons. The number of benzene rings is 2. The maximum absolute atomic E-state index is 2.54. The summed E-state index contributed by atoms with van der Waals surface area (Å²) >= 11 is 0. The zero-order chi connectivity index (χ0) is 13.9. The molecule has 1 aliphatic heterocycles.